The summed E-state index contributed by atoms with van der Waals surface area (Å²) in [6.07, 6.45) is 3.08. The molecule has 0 aliphatic rings. The Hall–Kier alpha value is -2.70. The zero-order valence-corrected chi connectivity index (χ0v) is 11.3. The van der Waals surface area contributed by atoms with Gasteiger partial charge in [0.1, 0.15) is 6.61 Å². The van der Waals surface area contributed by atoms with Gasteiger partial charge in [0.25, 0.3) is 5.95 Å². The lowest BCUT2D eigenvalue weighted by molar-refractivity contribution is 0.299. The van der Waals surface area contributed by atoms with E-state index in [0.717, 1.165) is 0 Å². The molecule has 0 amide bonds. The molecule has 0 saturated heterocycles. The number of ether oxygens (including phenoxy) is 1. The van der Waals surface area contributed by atoms with Gasteiger partial charge in [-0.3, -0.25) is 4.79 Å². The Bertz CT molecular complexity index is 708. The average Bonchev–Trinajstić information content (AvgIpc) is 2.45. The van der Waals surface area contributed by atoms with Gasteiger partial charge in [0.05, 0.1) is 11.9 Å². The second kappa shape index (κ2) is 5.52. The quantitative estimate of drug-likeness (QED) is 0.816. The first-order valence-electron chi connectivity index (χ1n) is 5.92. The second-order valence-corrected chi connectivity index (χ2v) is 4.27. The van der Waals surface area contributed by atoms with Gasteiger partial charge in [-0.15, -0.1) is 0 Å². The van der Waals surface area contributed by atoms with Crippen molar-refractivity contribution in [3.8, 4) is 5.75 Å². The van der Waals surface area contributed by atoms with E-state index in [2.05, 4.69) is 26.7 Å². The number of nitrogens with two attached hydrogens (primary N) is 1. The Morgan fingerprint density at radius 2 is 2.25 bits per heavy atom. The summed E-state index contributed by atoms with van der Waals surface area (Å²) in [6, 6.07) is 0. The number of hydrogen-bond donors (Lipinski definition) is 2. The maximum atomic E-state index is 11.8. The highest BCUT2D eigenvalue weighted by Crippen LogP contribution is 2.20. The van der Waals surface area contributed by atoms with Gasteiger partial charge in [-0.25, -0.2) is 9.98 Å². The summed E-state index contributed by atoms with van der Waals surface area (Å²) >= 11 is 0. The Balaban J connectivity index is 2.19. The van der Waals surface area contributed by atoms with E-state index in [1.54, 1.807) is 20.0 Å². The first-order chi connectivity index (χ1) is 9.52. The number of nitrogens with zero attached hydrogens (tertiary/aromatic N) is 3. The highest BCUT2D eigenvalue weighted by Gasteiger charge is 2.08. The lowest BCUT2D eigenvalue weighted by Crippen LogP contribution is -2.15. The normalized spacial score (nSPS) is 10.3. The van der Waals surface area contributed by atoms with Crippen molar-refractivity contribution in [1.82, 2.24) is 15.0 Å². The molecule has 2 rings (SSSR count). The first-order valence-corrected chi connectivity index (χ1v) is 5.92. The van der Waals surface area contributed by atoms with Crippen LogP contribution in [0.4, 0.5) is 11.8 Å². The van der Waals surface area contributed by atoms with Crippen LogP contribution in [-0.2, 0) is 6.61 Å². The summed E-state index contributed by atoms with van der Waals surface area (Å²) in [7, 11) is 0. The lowest BCUT2D eigenvalue weighted by atomic mass is 10.1. The molecule has 0 unspecified atom stereocenters. The molecule has 2 heterocycles. The highest BCUT2D eigenvalue weighted by molar-refractivity contribution is 5.48. The summed E-state index contributed by atoms with van der Waals surface area (Å²) in [5.41, 5.74) is 7.68. The minimum absolute atomic E-state index is 0.00206. The van der Waals surface area contributed by atoms with Crippen molar-refractivity contribution in [3.05, 3.63) is 39.4 Å². The summed E-state index contributed by atoms with van der Waals surface area (Å²) in [5.74, 6) is 0.697. The van der Waals surface area contributed by atoms with Crippen LogP contribution in [0.1, 0.15) is 16.8 Å². The molecule has 2 aromatic heterocycles. The minimum atomic E-state index is -0.00206. The zero-order chi connectivity index (χ0) is 14.7. The van der Waals surface area contributed by atoms with Crippen LogP contribution in [0.15, 0.2) is 22.2 Å². The standard InChI is InChI=1S/C13H15N5O2/c1-7-4-16-9(8(2)11(7)19)6-20-10-5-17-13(15-3)18-12(10)14/h4-5H,3,6H2,1-2H3,(H,16,19)(H2,14,17,18). The van der Waals surface area contributed by atoms with Crippen molar-refractivity contribution in [2.24, 2.45) is 4.99 Å². The Morgan fingerprint density at radius 3 is 2.90 bits per heavy atom. The van der Waals surface area contributed by atoms with Crippen LogP contribution in [0.3, 0.4) is 0 Å². The number of aliphatic imine (C=N–C) groups is 1. The molecule has 0 bridgehead atoms. The van der Waals surface area contributed by atoms with E-state index < -0.39 is 0 Å². The van der Waals surface area contributed by atoms with Gasteiger partial charge in [0.15, 0.2) is 17.0 Å². The molecular weight excluding hydrogens is 258 g/mol. The average molecular weight is 273 g/mol. The van der Waals surface area contributed by atoms with E-state index in [9.17, 15) is 4.79 Å². The van der Waals surface area contributed by atoms with Crippen molar-refractivity contribution in [1.29, 1.82) is 0 Å². The van der Waals surface area contributed by atoms with Gasteiger partial charge < -0.3 is 15.5 Å². The van der Waals surface area contributed by atoms with Crippen molar-refractivity contribution < 1.29 is 4.74 Å². The molecule has 0 aliphatic heterocycles. The maximum Gasteiger partial charge on any atom is 0.250 e. The molecule has 0 spiro atoms. The first kappa shape index (κ1) is 13.7. The number of aryl methyl sites for hydroxylation is 1. The smallest absolute Gasteiger partial charge is 0.250 e. The third kappa shape index (κ3) is 2.66. The lowest BCUT2D eigenvalue weighted by Gasteiger charge is -2.10. The second-order valence-electron chi connectivity index (χ2n) is 4.27. The SMILES string of the molecule is C=Nc1ncc(OCc2[nH]cc(C)c(=O)c2C)c(N)n1. The van der Waals surface area contributed by atoms with Crippen LogP contribution in [0.5, 0.6) is 5.75 Å². The van der Waals surface area contributed by atoms with Crippen molar-refractivity contribution in [2.45, 2.75) is 20.5 Å². The number of rotatable bonds is 4. The van der Waals surface area contributed by atoms with E-state index in [0.29, 0.717) is 22.6 Å². The highest BCUT2D eigenvalue weighted by atomic mass is 16.5. The summed E-state index contributed by atoms with van der Waals surface area (Å²) in [4.78, 5) is 26.2. The van der Waals surface area contributed by atoms with Crippen LogP contribution < -0.4 is 15.9 Å². The van der Waals surface area contributed by atoms with Gasteiger partial charge in [-0.2, -0.15) is 4.98 Å². The molecule has 0 aromatic carbocycles. The molecule has 0 fully saturated rings. The van der Waals surface area contributed by atoms with E-state index >= 15 is 0 Å². The molecule has 0 aliphatic carbocycles. The number of anilines is 1. The van der Waals surface area contributed by atoms with Crippen molar-refractivity contribution >= 4 is 18.5 Å². The van der Waals surface area contributed by atoms with Crippen LogP contribution >= 0.6 is 0 Å². The molecule has 20 heavy (non-hydrogen) atoms. The Labute approximate surface area is 115 Å². The van der Waals surface area contributed by atoms with E-state index in [-0.39, 0.29) is 23.8 Å². The van der Waals surface area contributed by atoms with Crippen molar-refractivity contribution in [2.75, 3.05) is 5.73 Å². The van der Waals surface area contributed by atoms with Gasteiger partial charge >= 0.3 is 0 Å². The topological polar surface area (TPSA) is 106 Å². The molecule has 7 heteroatoms. The molecule has 2 aromatic rings. The zero-order valence-electron chi connectivity index (χ0n) is 11.3. The molecule has 104 valence electrons. The van der Waals surface area contributed by atoms with Gasteiger partial charge in [-0.05, 0) is 20.6 Å². The van der Waals surface area contributed by atoms with Gasteiger partial charge in [-0.1, -0.05) is 0 Å². The van der Waals surface area contributed by atoms with Gasteiger partial charge in [0.2, 0.25) is 0 Å². The molecule has 0 saturated carbocycles. The maximum absolute atomic E-state index is 11.8. The Morgan fingerprint density at radius 1 is 1.50 bits per heavy atom. The van der Waals surface area contributed by atoms with Crippen LogP contribution in [0, 0.1) is 13.8 Å². The number of H-pyrrole nitrogens is 1. The number of nitrogens with one attached hydrogen (secondary N) is 1. The van der Waals surface area contributed by atoms with E-state index in [1.165, 1.54) is 6.20 Å². The summed E-state index contributed by atoms with van der Waals surface area (Å²) in [5, 5.41) is 0. The van der Waals surface area contributed by atoms with Gasteiger partial charge in [0, 0.05) is 17.3 Å². The van der Waals surface area contributed by atoms with Crippen LogP contribution in [0.2, 0.25) is 0 Å². The largest absolute Gasteiger partial charge is 0.482 e. The number of pyridine rings is 1. The molecular formula is C13H15N5O2. The molecule has 3 N–H and O–H groups in total. The third-order valence-electron chi connectivity index (χ3n) is 2.90. The fourth-order valence-electron chi connectivity index (χ4n) is 1.66. The number of aromatic amines is 1. The predicted octanol–water partition coefficient (Wildman–Crippen LogP) is 1.28. The number of hydrogen-bond acceptors (Lipinski definition) is 6. The fraction of sp³-hybridized carbons (Fsp3) is 0.231. The Kier molecular flexibility index (Phi) is 3.79. The van der Waals surface area contributed by atoms with E-state index in [4.69, 9.17) is 10.5 Å². The van der Waals surface area contributed by atoms with Crippen LogP contribution in [0.25, 0.3) is 0 Å². The molecule has 7 nitrogen and oxygen atoms in total. The third-order valence-corrected chi connectivity index (χ3v) is 2.90. The molecule has 0 radical (unpaired) electrons. The monoisotopic (exact) mass is 273 g/mol. The van der Waals surface area contributed by atoms with E-state index in [1.807, 2.05) is 0 Å². The number of nitrogen functional groups attached to an aromatic ring is 1. The predicted molar refractivity (Wildman–Crippen MR) is 76.5 cm³/mol. The fourth-order valence-corrected chi connectivity index (χ4v) is 1.66. The number of aromatic nitrogens is 3. The summed E-state index contributed by atoms with van der Waals surface area (Å²) < 4.78 is 5.52. The summed E-state index contributed by atoms with van der Waals surface area (Å²) in [6.45, 7) is 6.99. The minimum Gasteiger partial charge on any atom is -0.482 e. The van der Waals surface area contributed by atoms with Crippen LogP contribution in [-0.4, -0.2) is 21.7 Å². The van der Waals surface area contributed by atoms with Crippen molar-refractivity contribution in [3.63, 3.8) is 0 Å². The molecule has 0 atom stereocenters.